The van der Waals surface area contributed by atoms with Gasteiger partial charge in [0.25, 0.3) is 11.6 Å². The quantitative estimate of drug-likeness (QED) is 0.591. The number of carboxylic acids is 1. The maximum absolute atomic E-state index is 12.1. The largest absolute Gasteiger partial charge is 0.481 e. The zero-order valence-corrected chi connectivity index (χ0v) is 12.0. The van der Waals surface area contributed by atoms with Crippen LogP contribution in [0, 0.1) is 23.0 Å². The highest BCUT2D eigenvalue weighted by atomic mass is 16.6. The molecule has 0 saturated carbocycles. The van der Waals surface area contributed by atoms with Crippen molar-refractivity contribution in [3.8, 4) is 0 Å². The van der Waals surface area contributed by atoms with Crippen molar-refractivity contribution in [2.75, 3.05) is 6.54 Å². The summed E-state index contributed by atoms with van der Waals surface area (Å²) in [5.41, 5.74) is 0.710. The lowest BCUT2D eigenvalue weighted by atomic mass is 10.0. The summed E-state index contributed by atoms with van der Waals surface area (Å²) in [6, 6.07) is 4.08. The molecule has 0 aliphatic heterocycles. The number of hydrogen-bond acceptors (Lipinski definition) is 4. The van der Waals surface area contributed by atoms with Crippen molar-refractivity contribution in [2.45, 2.75) is 26.7 Å². The summed E-state index contributed by atoms with van der Waals surface area (Å²) >= 11 is 0. The maximum Gasteiger partial charge on any atom is 0.303 e. The van der Waals surface area contributed by atoms with Gasteiger partial charge in [-0.1, -0.05) is 19.4 Å². The first kappa shape index (κ1) is 16.6. The van der Waals surface area contributed by atoms with E-state index in [1.54, 1.807) is 6.92 Å². The van der Waals surface area contributed by atoms with E-state index in [1.807, 2.05) is 6.92 Å². The van der Waals surface area contributed by atoms with E-state index in [0.29, 0.717) is 12.0 Å². The van der Waals surface area contributed by atoms with E-state index in [9.17, 15) is 19.7 Å². The van der Waals surface area contributed by atoms with Crippen LogP contribution in [0.4, 0.5) is 5.69 Å². The van der Waals surface area contributed by atoms with Crippen LogP contribution in [0.5, 0.6) is 0 Å². The molecule has 0 aromatic heterocycles. The van der Waals surface area contributed by atoms with E-state index in [2.05, 4.69) is 5.32 Å². The fourth-order valence-corrected chi connectivity index (χ4v) is 1.91. The van der Waals surface area contributed by atoms with Gasteiger partial charge in [0.2, 0.25) is 0 Å². The lowest BCUT2D eigenvalue weighted by molar-refractivity contribution is -0.384. The Morgan fingerprint density at radius 1 is 1.43 bits per heavy atom. The number of aliphatic carboxylic acids is 1. The second-order valence-electron chi connectivity index (χ2n) is 4.84. The summed E-state index contributed by atoms with van der Waals surface area (Å²) in [4.78, 5) is 32.9. The van der Waals surface area contributed by atoms with Crippen LogP contribution in [0.15, 0.2) is 18.2 Å². The number of benzene rings is 1. The van der Waals surface area contributed by atoms with Gasteiger partial charge in [0, 0.05) is 30.7 Å². The van der Waals surface area contributed by atoms with Crippen LogP contribution in [0.1, 0.15) is 35.7 Å². The summed E-state index contributed by atoms with van der Waals surface area (Å²) in [5, 5.41) is 22.1. The number of hydrogen-bond donors (Lipinski definition) is 2. The van der Waals surface area contributed by atoms with E-state index in [0.717, 1.165) is 0 Å². The molecule has 114 valence electrons. The van der Waals surface area contributed by atoms with Crippen LogP contribution in [-0.2, 0) is 4.79 Å². The minimum Gasteiger partial charge on any atom is -0.481 e. The molecule has 0 radical (unpaired) electrons. The second kappa shape index (κ2) is 7.37. The first-order chi connectivity index (χ1) is 9.85. The van der Waals surface area contributed by atoms with Crippen LogP contribution in [0.2, 0.25) is 0 Å². The monoisotopic (exact) mass is 294 g/mol. The molecule has 7 heteroatoms. The first-order valence-electron chi connectivity index (χ1n) is 6.60. The number of nitro groups is 1. The summed E-state index contributed by atoms with van der Waals surface area (Å²) in [6.45, 7) is 3.76. The highest BCUT2D eigenvalue weighted by Crippen LogP contribution is 2.17. The lowest BCUT2D eigenvalue weighted by Gasteiger charge is -2.14. The highest BCUT2D eigenvalue weighted by molar-refractivity contribution is 5.96. The van der Waals surface area contributed by atoms with Gasteiger partial charge >= 0.3 is 5.97 Å². The van der Waals surface area contributed by atoms with Crippen LogP contribution in [0.3, 0.4) is 0 Å². The molecule has 21 heavy (non-hydrogen) atoms. The molecule has 0 saturated heterocycles. The molecule has 2 N–H and O–H groups in total. The van der Waals surface area contributed by atoms with Gasteiger partial charge in [0.05, 0.1) is 4.92 Å². The maximum atomic E-state index is 12.1. The van der Waals surface area contributed by atoms with Crippen LogP contribution >= 0.6 is 0 Å². The third kappa shape index (κ3) is 4.87. The van der Waals surface area contributed by atoms with Gasteiger partial charge in [-0.15, -0.1) is 0 Å². The number of nitrogens with zero attached hydrogens (tertiary/aromatic N) is 1. The topological polar surface area (TPSA) is 110 Å². The van der Waals surface area contributed by atoms with Gasteiger partial charge in [-0.05, 0) is 18.4 Å². The Hall–Kier alpha value is -2.44. The minimum absolute atomic E-state index is 0.0231. The van der Waals surface area contributed by atoms with E-state index in [-0.39, 0.29) is 30.1 Å². The molecule has 1 unspecified atom stereocenters. The van der Waals surface area contributed by atoms with Gasteiger partial charge in [-0.2, -0.15) is 0 Å². The van der Waals surface area contributed by atoms with Crippen molar-refractivity contribution in [2.24, 2.45) is 5.92 Å². The number of carbonyl (C=O) groups is 2. The summed E-state index contributed by atoms with van der Waals surface area (Å²) < 4.78 is 0. The standard InChI is InChI=1S/C14H18N2O5/c1-3-10(6-13(17)18)8-15-14(19)12-7-11(16(20)21)5-4-9(12)2/h4-5,7,10H,3,6,8H2,1-2H3,(H,15,19)(H,17,18). The number of carboxylic acid groups (broad SMARTS) is 1. The van der Waals surface area contributed by atoms with E-state index in [1.165, 1.54) is 18.2 Å². The van der Waals surface area contributed by atoms with Gasteiger partial charge in [0.1, 0.15) is 0 Å². The summed E-state index contributed by atoms with van der Waals surface area (Å²) in [7, 11) is 0. The minimum atomic E-state index is -0.914. The number of carbonyl (C=O) groups excluding carboxylic acids is 1. The van der Waals surface area contributed by atoms with Gasteiger partial charge in [-0.3, -0.25) is 19.7 Å². The molecule has 1 rings (SSSR count). The zero-order chi connectivity index (χ0) is 16.0. The predicted molar refractivity (Wildman–Crippen MR) is 76.2 cm³/mol. The molecule has 1 atom stereocenters. The molecule has 0 aliphatic carbocycles. The molecule has 0 bridgehead atoms. The molecule has 1 aromatic rings. The fraction of sp³-hybridized carbons (Fsp3) is 0.429. The van der Waals surface area contributed by atoms with Gasteiger partial charge in [-0.25, -0.2) is 0 Å². The number of rotatable bonds is 7. The Labute approximate surface area is 122 Å². The third-order valence-corrected chi connectivity index (χ3v) is 3.27. The smallest absolute Gasteiger partial charge is 0.303 e. The van der Waals surface area contributed by atoms with E-state index >= 15 is 0 Å². The molecule has 0 spiro atoms. The van der Waals surface area contributed by atoms with Gasteiger partial charge < -0.3 is 10.4 Å². The van der Waals surface area contributed by atoms with E-state index in [4.69, 9.17) is 5.11 Å². The van der Waals surface area contributed by atoms with Crippen LogP contribution < -0.4 is 5.32 Å². The SMILES string of the molecule is CCC(CNC(=O)c1cc([N+](=O)[O-])ccc1C)CC(=O)O. The predicted octanol–water partition coefficient (Wildman–Crippen LogP) is 2.13. The van der Waals surface area contributed by atoms with Crippen molar-refractivity contribution in [3.63, 3.8) is 0 Å². The zero-order valence-electron chi connectivity index (χ0n) is 12.0. The number of amides is 1. The first-order valence-corrected chi connectivity index (χ1v) is 6.60. The Balaban J connectivity index is 2.77. The lowest BCUT2D eigenvalue weighted by Crippen LogP contribution is -2.30. The molecule has 0 fully saturated rings. The van der Waals surface area contributed by atoms with Crippen LogP contribution in [0.25, 0.3) is 0 Å². The molecule has 0 heterocycles. The Kier molecular flexibility index (Phi) is 5.83. The average molecular weight is 294 g/mol. The van der Waals surface area contributed by atoms with Crippen molar-refractivity contribution in [1.82, 2.24) is 5.32 Å². The Bertz CT molecular complexity index is 556. The molecular formula is C14H18N2O5. The Morgan fingerprint density at radius 2 is 2.10 bits per heavy atom. The van der Waals surface area contributed by atoms with Crippen molar-refractivity contribution in [3.05, 3.63) is 39.4 Å². The average Bonchev–Trinajstić information content (AvgIpc) is 2.42. The van der Waals surface area contributed by atoms with Crippen molar-refractivity contribution < 1.29 is 19.6 Å². The molecule has 0 aliphatic rings. The van der Waals surface area contributed by atoms with Gasteiger partial charge in [0.15, 0.2) is 0 Å². The number of nitro benzene ring substituents is 1. The van der Waals surface area contributed by atoms with E-state index < -0.39 is 16.8 Å². The molecule has 1 amide bonds. The third-order valence-electron chi connectivity index (χ3n) is 3.27. The normalized spacial score (nSPS) is 11.7. The summed E-state index contributed by atoms with van der Waals surface area (Å²) in [5.74, 6) is -1.51. The summed E-state index contributed by atoms with van der Waals surface area (Å²) in [6.07, 6.45) is 0.602. The number of non-ortho nitro benzene ring substituents is 1. The highest BCUT2D eigenvalue weighted by Gasteiger charge is 2.17. The number of nitrogens with one attached hydrogen (secondary N) is 1. The molecule has 1 aromatic carbocycles. The number of aryl methyl sites for hydroxylation is 1. The second-order valence-corrected chi connectivity index (χ2v) is 4.84. The molecular weight excluding hydrogens is 276 g/mol. The Morgan fingerprint density at radius 3 is 2.62 bits per heavy atom. The van der Waals surface area contributed by atoms with Crippen LogP contribution in [-0.4, -0.2) is 28.5 Å². The molecule has 7 nitrogen and oxygen atoms in total. The van der Waals surface area contributed by atoms with Crippen molar-refractivity contribution >= 4 is 17.6 Å². The van der Waals surface area contributed by atoms with Crippen molar-refractivity contribution in [1.29, 1.82) is 0 Å². The fourth-order valence-electron chi connectivity index (χ4n) is 1.91.